The smallest absolute Gasteiger partial charge is 0.252 e. The van der Waals surface area contributed by atoms with Crippen molar-refractivity contribution >= 4 is 33.2 Å². The third kappa shape index (κ3) is 3.61. The van der Waals surface area contributed by atoms with Gasteiger partial charge in [-0.3, -0.25) is 4.79 Å². The zero-order valence-electron chi connectivity index (χ0n) is 9.26. The fourth-order valence-electron chi connectivity index (χ4n) is 1.27. The summed E-state index contributed by atoms with van der Waals surface area (Å²) in [5, 5.41) is 7.82. The molecule has 4 heteroatoms. The van der Waals surface area contributed by atoms with Crippen molar-refractivity contribution < 1.29 is 4.79 Å². The van der Waals surface area contributed by atoms with Gasteiger partial charge in [-0.15, -0.1) is 0 Å². The summed E-state index contributed by atoms with van der Waals surface area (Å²) in [5.74, 6) is 0.0275. The first-order valence-corrected chi connectivity index (χ1v) is 6.94. The van der Waals surface area contributed by atoms with Crippen LogP contribution in [0.3, 0.4) is 0 Å². The molecule has 1 aromatic heterocycles. The van der Waals surface area contributed by atoms with Gasteiger partial charge in [0.15, 0.2) is 0 Å². The second-order valence-corrected chi connectivity index (χ2v) is 5.78. The monoisotopic (exact) mass is 289 g/mol. The summed E-state index contributed by atoms with van der Waals surface area (Å²) < 4.78 is 0. The fraction of sp³-hybridized carbons (Fsp3) is 0.545. The van der Waals surface area contributed by atoms with Gasteiger partial charge in [0.05, 0.1) is 5.56 Å². The van der Waals surface area contributed by atoms with Gasteiger partial charge < -0.3 is 5.32 Å². The van der Waals surface area contributed by atoms with Crippen molar-refractivity contribution in [1.82, 2.24) is 5.32 Å². The Morgan fingerprint density at radius 2 is 2.20 bits per heavy atom. The molecule has 1 heterocycles. The van der Waals surface area contributed by atoms with Gasteiger partial charge in [0.2, 0.25) is 0 Å². The quantitative estimate of drug-likeness (QED) is 0.847. The van der Waals surface area contributed by atoms with E-state index in [-0.39, 0.29) is 11.4 Å². The van der Waals surface area contributed by atoms with Crippen molar-refractivity contribution in [3.05, 3.63) is 21.9 Å². The van der Waals surface area contributed by atoms with Crippen molar-refractivity contribution in [3.63, 3.8) is 0 Å². The largest absolute Gasteiger partial charge is 0.347 e. The van der Waals surface area contributed by atoms with E-state index in [1.807, 2.05) is 31.5 Å². The first kappa shape index (κ1) is 12.7. The summed E-state index contributed by atoms with van der Waals surface area (Å²) in [6.45, 7) is 6.03. The fourth-order valence-corrected chi connectivity index (χ4v) is 3.09. The Balaban J connectivity index is 2.68. The Labute approximate surface area is 103 Å². The molecule has 0 unspecified atom stereocenters. The van der Waals surface area contributed by atoms with E-state index in [4.69, 9.17) is 0 Å². The molecular weight excluding hydrogens is 274 g/mol. The average Bonchev–Trinajstić information content (AvgIpc) is 2.50. The van der Waals surface area contributed by atoms with Crippen LogP contribution in [0.1, 0.15) is 36.2 Å². The van der Waals surface area contributed by atoms with Gasteiger partial charge in [-0.25, -0.2) is 0 Å². The number of halogens is 1. The number of nitrogens with one attached hydrogen (secondary N) is 1. The van der Waals surface area contributed by atoms with Gasteiger partial charge >= 0.3 is 0 Å². The first-order valence-electron chi connectivity index (χ1n) is 4.87. The highest BCUT2D eigenvalue weighted by Crippen LogP contribution is 2.16. The zero-order chi connectivity index (χ0) is 11.5. The molecule has 0 radical (unpaired) electrons. The average molecular weight is 290 g/mol. The molecule has 1 amide bonds. The van der Waals surface area contributed by atoms with Crippen molar-refractivity contribution in [2.24, 2.45) is 0 Å². The molecule has 1 aromatic rings. The summed E-state index contributed by atoms with van der Waals surface area (Å²) in [5.41, 5.74) is 1.68. The van der Waals surface area contributed by atoms with Gasteiger partial charge in [-0.1, -0.05) is 15.9 Å². The van der Waals surface area contributed by atoms with E-state index < -0.39 is 0 Å². The van der Waals surface area contributed by atoms with E-state index in [1.54, 1.807) is 11.3 Å². The van der Waals surface area contributed by atoms with Gasteiger partial charge in [0.1, 0.15) is 0 Å². The minimum Gasteiger partial charge on any atom is -0.347 e. The van der Waals surface area contributed by atoms with Crippen molar-refractivity contribution in [1.29, 1.82) is 0 Å². The van der Waals surface area contributed by atoms with Crippen LogP contribution in [0.4, 0.5) is 0 Å². The first-order chi connectivity index (χ1) is 6.96. The molecule has 0 saturated carbocycles. The summed E-state index contributed by atoms with van der Waals surface area (Å²) in [7, 11) is 0. The van der Waals surface area contributed by atoms with Crippen LogP contribution in [0, 0.1) is 6.92 Å². The molecule has 0 aliphatic carbocycles. The molecule has 0 spiro atoms. The third-order valence-corrected chi connectivity index (χ3v) is 3.53. The van der Waals surface area contributed by atoms with Gasteiger partial charge in [0, 0.05) is 16.2 Å². The predicted molar refractivity (Wildman–Crippen MR) is 69.0 cm³/mol. The van der Waals surface area contributed by atoms with Crippen molar-refractivity contribution in [2.45, 2.75) is 32.7 Å². The number of alkyl halides is 1. The van der Waals surface area contributed by atoms with E-state index in [1.165, 1.54) is 0 Å². The lowest BCUT2D eigenvalue weighted by molar-refractivity contribution is 0.0912. The standard InChI is InChI=1S/C11H16BrNOS/c1-8-6-15-7-9(8)10(14)13-11(2,3)4-5-12/h6-7H,4-5H2,1-3H3,(H,13,14). The molecule has 15 heavy (non-hydrogen) atoms. The maximum atomic E-state index is 11.9. The van der Waals surface area contributed by atoms with Crippen molar-refractivity contribution in [2.75, 3.05) is 5.33 Å². The maximum absolute atomic E-state index is 11.9. The Hall–Kier alpha value is -0.350. The summed E-state index contributed by atoms with van der Waals surface area (Å²) in [4.78, 5) is 11.9. The molecule has 0 aliphatic heterocycles. The van der Waals surface area contributed by atoms with E-state index >= 15 is 0 Å². The molecule has 0 bridgehead atoms. The lowest BCUT2D eigenvalue weighted by Gasteiger charge is -2.25. The minimum atomic E-state index is -0.158. The van der Waals surface area contributed by atoms with Crippen LogP contribution >= 0.6 is 27.3 Å². The van der Waals surface area contributed by atoms with Crippen LogP contribution in [-0.4, -0.2) is 16.8 Å². The molecule has 2 nitrogen and oxygen atoms in total. The maximum Gasteiger partial charge on any atom is 0.252 e. The summed E-state index contributed by atoms with van der Waals surface area (Å²) in [6, 6.07) is 0. The predicted octanol–water partition coefficient (Wildman–Crippen LogP) is 3.35. The highest BCUT2D eigenvalue weighted by Gasteiger charge is 2.21. The molecule has 1 rings (SSSR count). The lowest BCUT2D eigenvalue weighted by atomic mass is 10.0. The van der Waals surface area contributed by atoms with Gasteiger partial charge in [0.25, 0.3) is 5.91 Å². The Morgan fingerprint density at radius 3 is 2.67 bits per heavy atom. The summed E-state index contributed by atoms with van der Waals surface area (Å²) in [6.07, 6.45) is 0.919. The normalized spacial score (nSPS) is 11.5. The Bertz CT molecular complexity index is 346. The number of carbonyl (C=O) groups excluding carboxylic acids is 1. The molecule has 0 saturated heterocycles. The SMILES string of the molecule is Cc1cscc1C(=O)NC(C)(C)CCBr. The Kier molecular flexibility index (Phi) is 4.34. The number of carbonyl (C=O) groups is 1. The zero-order valence-corrected chi connectivity index (χ0v) is 11.7. The number of hydrogen-bond acceptors (Lipinski definition) is 2. The number of hydrogen-bond donors (Lipinski definition) is 1. The molecule has 0 fully saturated rings. The molecule has 84 valence electrons. The third-order valence-electron chi connectivity index (χ3n) is 2.27. The van der Waals surface area contributed by atoms with Gasteiger partial charge in [-0.05, 0) is 38.1 Å². The second kappa shape index (κ2) is 5.12. The van der Waals surface area contributed by atoms with E-state index in [0.29, 0.717) is 0 Å². The van der Waals surface area contributed by atoms with Crippen LogP contribution < -0.4 is 5.32 Å². The number of amides is 1. The number of rotatable bonds is 4. The second-order valence-electron chi connectivity index (χ2n) is 4.25. The van der Waals surface area contributed by atoms with Crippen LogP contribution in [0.2, 0.25) is 0 Å². The van der Waals surface area contributed by atoms with E-state index in [0.717, 1.165) is 22.9 Å². The highest BCUT2D eigenvalue weighted by atomic mass is 79.9. The molecule has 0 aromatic carbocycles. The number of thiophene rings is 1. The van der Waals surface area contributed by atoms with E-state index in [2.05, 4.69) is 21.2 Å². The molecule has 1 N–H and O–H groups in total. The summed E-state index contributed by atoms with van der Waals surface area (Å²) >= 11 is 4.95. The topological polar surface area (TPSA) is 29.1 Å². The van der Waals surface area contributed by atoms with Crippen LogP contribution in [0.25, 0.3) is 0 Å². The molecule has 0 atom stereocenters. The number of aryl methyl sites for hydroxylation is 1. The van der Waals surface area contributed by atoms with Crippen LogP contribution in [0.5, 0.6) is 0 Å². The van der Waals surface area contributed by atoms with E-state index in [9.17, 15) is 4.79 Å². The molecule has 0 aliphatic rings. The highest BCUT2D eigenvalue weighted by molar-refractivity contribution is 9.09. The van der Waals surface area contributed by atoms with Crippen LogP contribution in [0.15, 0.2) is 10.8 Å². The Morgan fingerprint density at radius 1 is 1.53 bits per heavy atom. The van der Waals surface area contributed by atoms with Crippen LogP contribution in [-0.2, 0) is 0 Å². The lowest BCUT2D eigenvalue weighted by Crippen LogP contribution is -2.43. The van der Waals surface area contributed by atoms with Gasteiger partial charge in [-0.2, -0.15) is 11.3 Å². The van der Waals surface area contributed by atoms with Crippen molar-refractivity contribution in [3.8, 4) is 0 Å². The molecular formula is C11H16BrNOS. The minimum absolute atomic E-state index is 0.0275.